The Hall–Kier alpha value is -2.26. The average molecular weight is 375 g/mol. The van der Waals surface area contributed by atoms with Gasteiger partial charge in [-0.1, -0.05) is 30.3 Å². The zero-order valence-electron chi connectivity index (χ0n) is 14.3. The number of hydrogen-bond acceptors (Lipinski definition) is 6. The number of aromatic nitrogens is 3. The van der Waals surface area contributed by atoms with Gasteiger partial charge in [0.1, 0.15) is 19.2 Å². The smallest absolute Gasteiger partial charge is 0.244 e. The third kappa shape index (κ3) is 3.49. The summed E-state index contributed by atoms with van der Waals surface area (Å²) in [5.41, 5.74) is 1.15. The van der Waals surface area contributed by atoms with Crippen molar-refractivity contribution >= 4 is 15.7 Å². The van der Waals surface area contributed by atoms with Crippen molar-refractivity contribution in [3.05, 3.63) is 48.5 Å². The summed E-state index contributed by atoms with van der Waals surface area (Å²) in [5.74, 6) is 0.0332. The van der Waals surface area contributed by atoms with Crippen LogP contribution in [0.1, 0.15) is 5.56 Å². The topological polar surface area (TPSA) is 88.4 Å². The van der Waals surface area contributed by atoms with Crippen molar-refractivity contribution < 1.29 is 13.2 Å². The van der Waals surface area contributed by atoms with Crippen molar-refractivity contribution in [2.75, 3.05) is 24.6 Å². The van der Waals surface area contributed by atoms with Crippen LogP contribution < -0.4 is 0 Å². The highest BCUT2D eigenvalue weighted by Gasteiger charge is 2.47. The van der Waals surface area contributed by atoms with Crippen LogP contribution in [0.5, 0.6) is 0 Å². The number of benzene rings is 1. The van der Waals surface area contributed by atoms with Crippen LogP contribution in [0.2, 0.25) is 0 Å². The van der Waals surface area contributed by atoms with Crippen LogP contribution in [0.4, 0.5) is 0 Å². The molecule has 26 heavy (non-hydrogen) atoms. The zero-order chi connectivity index (χ0) is 18.1. The molecule has 8 nitrogen and oxygen atoms in total. The molecule has 2 aliphatic heterocycles. The molecule has 0 radical (unpaired) electrons. The molecule has 0 aliphatic carbocycles. The molecule has 3 heterocycles. The van der Waals surface area contributed by atoms with E-state index in [9.17, 15) is 13.2 Å². The highest BCUT2D eigenvalue weighted by Crippen LogP contribution is 2.28. The number of fused-ring (bicyclic) bond motifs is 1. The van der Waals surface area contributed by atoms with Crippen LogP contribution in [0, 0.1) is 0 Å². The first kappa shape index (κ1) is 17.2. The summed E-state index contributed by atoms with van der Waals surface area (Å²) in [6.07, 6.45) is 2.88. The van der Waals surface area contributed by atoms with Gasteiger partial charge in [-0.3, -0.25) is 9.69 Å². The highest BCUT2D eigenvalue weighted by atomic mass is 32.2. The lowest BCUT2D eigenvalue weighted by atomic mass is 10.0. The molecular formula is C17H21N5O3S. The van der Waals surface area contributed by atoms with E-state index >= 15 is 0 Å². The normalized spacial score (nSPS) is 25.2. The standard InChI is InChI=1S/C17H21N5O3S/c23-17(9-21-13-18-12-19-21)22-7-6-20(8-14-4-2-1-3-5-14)15-10-26(24,25)11-16(15)22/h1-5,12-13,15-16H,6-11H2/t15-,16+/m1/s1. The van der Waals surface area contributed by atoms with Gasteiger partial charge >= 0.3 is 0 Å². The summed E-state index contributed by atoms with van der Waals surface area (Å²) < 4.78 is 26.0. The largest absolute Gasteiger partial charge is 0.334 e. The second-order valence-electron chi connectivity index (χ2n) is 6.85. The van der Waals surface area contributed by atoms with Gasteiger partial charge in [0, 0.05) is 25.7 Å². The van der Waals surface area contributed by atoms with Gasteiger partial charge in [0.15, 0.2) is 9.84 Å². The minimum Gasteiger partial charge on any atom is -0.334 e. The first-order valence-electron chi connectivity index (χ1n) is 8.62. The Morgan fingerprint density at radius 3 is 2.62 bits per heavy atom. The summed E-state index contributed by atoms with van der Waals surface area (Å²) in [6.45, 7) is 1.97. The van der Waals surface area contributed by atoms with Gasteiger partial charge in [0.2, 0.25) is 5.91 Å². The Kier molecular flexibility index (Phi) is 4.49. The van der Waals surface area contributed by atoms with Crippen molar-refractivity contribution in [2.45, 2.75) is 25.2 Å². The number of piperazine rings is 1. The lowest BCUT2D eigenvalue weighted by Crippen LogP contribution is -2.60. The molecule has 0 bridgehead atoms. The third-order valence-corrected chi connectivity index (χ3v) is 6.80. The van der Waals surface area contributed by atoms with Gasteiger partial charge in [-0.15, -0.1) is 0 Å². The fourth-order valence-corrected chi connectivity index (χ4v) is 5.90. The van der Waals surface area contributed by atoms with E-state index in [0.29, 0.717) is 19.6 Å². The quantitative estimate of drug-likeness (QED) is 0.735. The van der Waals surface area contributed by atoms with E-state index in [-0.39, 0.29) is 36.0 Å². The lowest BCUT2D eigenvalue weighted by molar-refractivity contribution is -0.138. The molecular weight excluding hydrogens is 354 g/mol. The molecule has 2 atom stereocenters. The lowest BCUT2D eigenvalue weighted by Gasteiger charge is -2.44. The molecule has 0 spiro atoms. The van der Waals surface area contributed by atoms with Crippen LogP contribution in [0.25, 0.3) is 0 Å². The molecule has 0 saturated carbocycles. The molecule has 4 rings (SSSR count). The number of amides is 1. The Labute approximate surface area is 152 Å². The molecule has 2 aliphatic rings. The number of carbonyl (C=O) groups excluding carboxylic acids is 1. The van der Waals surface area contributed by atoms with E-state index in [2.05, 4.69) is 15.0 Å². The molecule has 9 heteroatoms. The van der Waals surface area contributed by atoms with E-state index < -0.39 is 9.84 Å². The molecule has 0 N–H and O–H groups in total. The molecule has 1 aromatic carbocycles. The van der Waals surface area contributed by atoms with Crippen LogP contribution in [-0.4, -0.2) is 75.6 Å². The van der Waals surface area contributed by atoms with Crippen molar-refractivity contribution in [2.24, 2.45) is 0 Å². The molecule has 1 aromatic heterocycles. The van der Waals surface area contributed by atoms with Crippen LogP contribution in [-0.2, 0) is 27.7 Å². The molecule has 138 valence electrons. The summed E-state index contributed by atoms with van der Waals surface area (Å²) >= 11 is 0. The average Bonchev–Trinajstić information content (AvgIpc) is 3.22. The fraction of sp³-hybridized carbons (Fsp3) is 0.471. The van der Waals surface area contributed by atoms with Gasteiger partial charge in [0.25, 0.3) is 0 Å². The Morgan fingerprint density at radius 1 is 1.12 bits per heavy atom. The summed E-state index contributed by atoms with van der Waals surface area (Å²) in [5, 5.41) is 3.97. The van der Waals surface area contributed by atoms with Gasteiger partial charge in [0.05, 0.1) is 17.5 Å². The maximum Gasteiger partial charge on any atom is 0.244 e. The molecule has 2 aromatic rings. The Balaban J connectivity index is 1.53. The molecule has 0 unspecified atom stereocenters. The van der Waals surface area contributed by atoms with E-state index in [0.717, 1.165) is 5.56 Å². The predicted octanol–water partition coefficient (Wildman–Crippen LogP) is -0.212. The van der Waals surface area contributed by atoms with E-state index in [1.54, 1.807) is 4.90 Å². The number of rotatable bonds is 4. The number of carbonyl (C=O) groups is 1. The van der Waals surface area contributed by atoms with Crippen LogP contribution in [0.15, 0.2) is 43.0 Å². The summed E-state index contributed by atoms with van der Waals surface area (Å²) in [7, 11) is -3.15. The Bertz CT molecular complexity index is 869. The fourth-order valence-electron chi connectivity index (χ4n) is 3.89. The number of nitrogens with zero attached hydrogens (tertiary/aromatic N) is 5. The SMILES string of the molecule is O=C(Cn1cncn1)N1CCN(Cc2ccccc2)[C@@H]2CS(=O)(=O)C[C@@H]21. The first-order chi connectivity index (χ1) is 12.5. The number of sulfone groups is 1. The molecule has 2 fully saturated rings. The molecule has 2 saturated heterocycles. The molecule has 1 amide bonds. The van der Waals surface area contributed by atoms with Crippen molar-refractivity contribution in [1.82, 2.24) is 24.6 Å². The minimum atomic E-state index is -3.15. The van der Waals surface area contributed by atoms with Crippen molar-refractivity contribution in [3.63, 3.8) is 0 Å². The van der Waals surface area contributed by atoms with Gasteiger partial charge in [-0.2, -0.15) is 5.10 Å². The van der Waals surface area contributed by atoms with E-state index in [1.165, 1.54) is 17.3 Å². The maximum absolute atomic E-state index is 12.7. The van der Waals surface area contributed by atoms with Crippen molar-refractivity contribution in [3.8, 4) is 0 Å². The maximum atomic E-state index is 12.7. The van der Waals surface area contributed by atoms with Gasteiger partial charge in [-0.05, 0) is 5.56 Å². The van der Waals surface area contributed by atoms with E-state index in [4.69, 9.17) is 0 Å². The van der Waals surface area contributed by atoms with Gasteiger partial charge in [-0.25, -0.2) is 18.1 Å². The summed E-state index contributed by atoms with van der Waals surface area (Å²) in [4.78, 5) is 20.5. The highest BCUT2D eigenvalue weighted by molar-refractivity contribution is 7.91. The predicted molar refractivity (Wildman–Crippen MR) is 94.8 cm³/mol. The monoisotopic (exact) mass is 375 g/mol. The van der Waals surface area contributed by atoms with Crippen LogP contribution in [0.3, 0.4) is 0 Å². The number of hydrogen-bond donors (Lipinski definition) is 0. The van der Waals surface area contributed by atoms with E-state index in [1.807, 2.05) is 30.3 Å². The second-order valence-corrected chi connectivity index (χ2v) is 9.00. The summed E-state index contributed by atoms with van der Waals surface area (Å²) in [6, 6.07) is 9.56. The van der Waals surface area contributed by atoms with Crippen molar-refractivity contribution in [1.29, 1.82) is 0 Å². The third-order valence-electron chi connectivity index (χ3n) is 5.10. The van der Waals surface area contributed by atoms with Crippen LogP contribution >= 0.6 is 0 Å². The first-order valence-corrected chi connectivity index (χ1v) is 10.4. The second kappa shape index (κ2) is 6.81. The minimum absolute atomic E-state index is 0.0338. The van der Waals surface area contributed by atoms with Gasteiger partial charge < -0.3 is 4.90 Å². The zero-order valence-corrected chi connectivity index (χ0v) is 15.1. The Morgan fingerprint density at radius 2 is 1.88 bits per heavy atom.